The molecule has 2 unspecified atom stereocenters. The van der Waals surface area contributed by atoms with Crippen LogP contribution in [-0.4, -0.2) is 26.3 Å². The van der Waals surface area contributed by atoms with Gasteiger partial charge in [-0.25, -0.2) is 0 Å². The lowest BCUT2D eigenvalue weighted by molar-refractivity contribution is 0.0261. The summed E-state index contributed by atoms with van der Waals surface area (Å²) in [5, 5.41) is 3.44. The van der Waals surface area contributed by atoms with Crippen LogP contribution in [0.3, 0.4) is 0 Å². The quantitative estimate of drug-likeness (QED) is 0.632. The lowest BCUT2D eigenvalue weighted by Crippen LogP contribution is -2.40. The van der Waals surface area contributed by atoms with Gasteiger partial charge in [0.15, 0.2) is 0 Å². The third-order valence-corrected chi connectivity index (χ3v) is 4.86. The van der Waals surface area contributed by atoms with Gasteiger partial charge in [0.25, 0.3) is 0 Å². The third kappa shape index (κ3) is 3.48. The molecule has 1 aliphatic heterocycles. The molecular weight excluding hydrogens is 222 g/mol. The summed E-state index contributed by atoms with van der Waals surface area (Å²) in [4.78, 5) is 0. The summed E-state index contributed by atoms with van der Waals surface area (Å²) in [6.45, 7) is 4.44. The molecular formula is C16H31NO. The second-order valence-electron chi connectivity index (χ2n) is 6.44. The SMILES string of the molecule is CCCCCCCC1(CNC)CCOC1C1CC1. The average molecular weight is 253 g/mol. The molecule has 0 amide bonds. The number of nitrogens with one attached hydrogen (secondary N) is 1. The molecule has 0 spiro atoms. The van der Waals surface area contributed by atoms with E-state index in [1.165, 1.54) is 57.8 Å². The highest BCUT2D eigenvalue weighted by Crippen LogP contribution is 2.50. The highest BCUT2D eigenvalue weighted by molar-refractivity contribution is 5.00. The molecule has 0 aromatic carbocycles. The van der Waals surface area contributed by atoms with Crippen LogP contribution in [0.2, 0.25) is 0 Å². The minimum atomic E-state index is 0.460. The maximum Gasteiger partial charge on any atom is 0.0672 e. The fraction of sp³-hybridized carbons (Fsp3) is 1.00. The van der Waals surface area contributed by atoms with Crippen molar-refractivity contribution < 1.29 is 4.74 Å². The van der Waals surface area contributed by atoms with Crippen LogP contribution in [0.4, 0.5) is 0 Å². The molecule has 1 heterocycles. The minimum absolute atomic E-state index is 0.460. The van der Waals surface area contributed by atoms with E-state index in [0.29, 0.717) is 11.5 Å². The van der Waals surface area contributed by atoms with E-state index in [-0.39, 0.29) is 0 Å². The van der Waals surface area contributed by atoms with E-state index in [0.717, 1.165) is 19.1 Å². The molecule has 1 aliphatic carbocycles. The second kappa shape index (κ2) is 6.91. The van der Waals surface area contributed by atoms with Gasteiger partial charge < -0.3 is 10.1 Å². The van der Waals surface area contributed by atoms with Crippen molar-refractivity contribution in [2.45, 2.75) is 70.8 Å². The number of rotatable bonds is 9. The van der Waals surface area contributed by atoms with Crippen LogP contribution in [0.15, 0.2) is 0 Å². The molecule has 1 saturated carbocycles. The van der Waals surface area contributed by atoms with Gasteiger partial charge in [-0.05, 0) is 38.6 Å². The zero-order chi connectivity index (χ0) is 12.8. The van der Waals surface area contributed by atoms with Crippen LogP contribution in [-0.2, 0) is 4.74 Å². The predicted octanol–water partition coefficient (Wildman–Crippen LogP) is 3.75. The molecule has 2 heteroatoms. The molecule has 106 valence electrons. The molecule has 2 fully saturated rings. The van der Waals surface area contributed by atoms with Gasteiger partial charge in [0, 0.05) is 18.6 Å². The standard InChI is InChI=1S/C16H31NO/c1-3-4-5-6-7-10-16(13-17-2)11-12-18-15(16)14-8-9-14/h14-15,17H,3-13H2,1-2H3. The molecule has 1 saturated heterocycles. The van der Waals surface area contributed by atoms with Crippen LogP contribution in [0, 0.1) is 11.3 Å². The number of ether oxygens (including phenoxy) is 1. The van der Waals surface area contributed by atoms with Crippen LogP contribution >= 0.6 is 0 Å². The van der Waals surface area contributed by atoms with Crippen molar-refractivity contribution in [1.82, 2.24) is 5.32 Å². The Bertz CT molecular complexity index is 239. The topological polar surface area (TPSA) is 21.3 Å². The van der Waals surface area contributed by atoms with Gasteiger partial charge in [0.2, 0.25) is 0 Å². The van der Waals surface area contributed by atoms with Gasteiger partial charge in [0.05, 0.1) is 6.10 Å². The Kier molecular flexibility index (Phi) is 5.50. The van der Waals surface area contributed by atoms with Crippen molar-refractivity contribution in [1.29, 1.82) is 0 Å². The van der Waals surface area contributed by atoms with Gasteiger partial charge in [0.1, 0.15) is 0 Å². The van der Waals surface area contributed by atoms with Crippen molar-refractivity contribution in [3.63, 3.8) is 0 Å². The smallest absolute Gasteiger partial charge is 0.0672 e. The number of hydrogen-bond donors (Lipinski definition) is 1. The van der Waals surface area contributed by atoms with Gasteiger partial charge >= 0.3 is 0 Å². The second-order valence-corrected chi connectivity index (χ2v) is 6.44. The first-order valence-corrected chi connectivity index (χ1v) is 8.08. The largest absolute Gasteiger partial charge is 0.377 e. The number of unbranched alkanes of at least 4 members (excludes halogenated alkanes) is 4. The molecule has 0 aromatic rings. The summed E-state index contributed by atoms with van der Waals surface area (Å²) in [6.07, 6.45) is 13.0. The normalized spacial score (nSPS) is 32.0. The molecule has 2 aliphatic rings. The van der Waals surface area contributed by atoms with Crippen molar-refractivity contribution in [2.75, 3.05) is 20.2 Å². The summed E-state index contributed by atoms with van der Waals surface area (Å²) in [7, 11) is 2.10. The average Bonchev–Trinajstić information content (AvgIpc) is 3.12. The van der Waals surface area contributed by atoms with E-state index in [1.807, 2.05) is 0 Å². The molecule has 1 N–H and O–H groups in total. The lowest BCUT2D eigenvalue weighted by Gasteiger charge is -2.34. The van der Waals surface area contributed by atoms with Crippen molar-refractivity contribution in [3.8, 4) is 0 Å². The van der Waals surface area contributed by atoms with Gasteiger partial charge in [-0.3, -0.25) is 0 Å². The van der Waals surface area contributed by atoms with E-state index in [2.05, 4.69) is 19.3 Å². The molecule has 2 rings (SSSR count). The Balaban J connectivity index is 1.81. The fourth-order valence-corrected chi connectivity index (χ4v) is 3.72. The third-order valence-electron chi connectivity index (χ3n) is 4.86. The first kappa shape index (κ1) is 14.3. The highest BCUT2D eigenvalue weighted by Gasteiger charge is 2.49. The highest BCUT2D eigenvalue weighted by atomic mass is 16.5. The van der Waals surface area contributed by atoms with Crippen LogP contribution in [0.1, 0.15) is 64.7 Å². The maximum absolute atomic E-state index is 6.08. The van der Waals surface area contributed by atoms with Crippen LogP contribution < -0.4 is 5.32 Å². The molecule has 18 heavy (non-hydrogen) atoms. The monoisotopic (exact) mass is 253 g/mol. The Morgan fingerprint density at radius 1 is 1.17 bits per heavy atom. The van der Waals surface area contributed by atoms with Crippen LogP contribution in [0.5, 0.6) is 0 Å². The first-order valence-electron chi connectivity index (χ1n) is 8.08. The fourth-order valence-electron chi connectivity index (χ4n) is 3.72. The Hall–Kier alpha value is -0.0800. The Morgan fingerprint density at radius 3 is 2.61 bits per heavy atom. The maximum atomic E-state index is 6.08. The zero-order valence-corrected chi connectivity index (χ0v) is 12.3. The van der Waals surface area contributed by atoms with Gasteiger partial charge in [-0.15, -0.1) is 0 Å². The summed E-state index contributed by atoms with van der Waals surface area (Å²) in [5.41, 5.74) is 0.460. The Labute approximate surface area is 113 Å². The summed E-state index contributed by atoms with van der Waals surface area (Å²) >= 11 is 0. The summed E-state index contributed by atoms with van der Waals surface area (Å²) in [6, 6.07) is 0. The van der Waals surface area contributed by atoms with E-state index in [1.54, 1.807) is 0 Å². The molecule has 0 aromatic heterocycles. The molecule has 0 bridgehead atoms. The number of hydrogen-bond acceptors (Lipinski definition) is 2. The van der Waals surface area contributed by atoms with E-state index in [4.69, 9.17) is 4.74 Å². The van der Waals surface area contributed by atoms with E-state index < -0.39 is 0 Å². The van der Waals surface area contributed by atoms with Crippen molar-refractivity contribution >= 4 is 0 Å². The van der Waals surface area contributed by atoms with Crippen molar-refractivity contribution in [2.24, 2.45) is 11.3 Å². The van der Waals surface area contributed by atoms with Crippen molar-refractivity contribution in [3.05, 3.63) is 0 Å². The minimum Gasteiger partial charge on any atom is -0.377 e. The summed E-state index contributed by atoms with van der Waals surface area (Å²) < 4.78 is 6.08. The molecule has 2 atom stereocenters. The van der Waals surface area contributed by atoms with Crippen LogP contribution in [0.25, 0.3) is 0 Å². The molecule has 0 radical (unpaired) electrons. The first-order chi connectivity index (χ1) is 8.82. The summed E-state index contributed by atoms with van der Waals surface area (Å²) in [5.74, 6) is 0.886. The van der Waals surface area contributed by atoms with E-state index >= 15 is 0 Å². The Morgan fingerprint density at radius 2 is 1.94 bits per heavy atom. The van der Waals surface area contributed by atoms with Gasteiger partial charge in [-0.2, -0.15) is 0 Å². The van der Waals surface area contributed by atoms with Gasteiger partial charge in [-0.1, -0.05) is 39.0 Å². The predicted molar refractivity (Wildman–Crippen MR) is 76.8 cm³/mol. The zero-order valence-electron chi connectivity index (χ0n) is 12.3. The molecule has 2 nitrogen and oxygen atoms in total. The van der Waals surface area contributed by atoms with E-state index in [9.17, 15) is 0 Å². The lowest BCUT2D eigenvalue weighted by atomic mass is 9.74.